The Bertz CT molecular complexity index is 220. The molecule has 0 spiro atoms. The first-order valence-corrected chi connectivity index (χ1v) is 2.65. The van der Waals surface area contributed by atoms with Crippen molar-refractivity contribution in [3.63, 3.8) is 0 Å². The molecule has 0 bridgehead atoms. The fourth-order valence-electron chi connectivity index (χ4n) is 0.511. The second kappa shape index (κ2) is 2.82. The highest BCUT2D eigenvalue weighted by Crippen LogP contribution is 2.06. The van der Waals surface area contributed by atoms with Gasteiger partial charge in [0, 0.05) is 6.07 Å². The molecular formula is C6H6N2O2. The van der Waals surface area contributed by atoms with E-state index in [1.54, 1.807) is 6.07 Å². The lowest BCUT2D eigenvalue weighted by atomic mass is 10.4. The van der Waals surface area contributed by atoms with E-state index >= 15 is 0 Å². The van der Waals surface area contributed by atoms with Gasteiger partial charge in [-0.3, -0.25) is 4.79 Å². The Morgan fingerprint density at radius 1 is 1.60 bits per heavy atom. The number of pyridine rings is 1. The highest BCUT2D eigenvalue weighted by molar-refractivity contribution is 5.44. The molecule has 0 aliphatic rings. The van der Waals surface area contributed by atoms with E-state index in [1.165, 1.54) is 12.3 Å². The number of nitrogens with zero attached hydrogens (tertiary/aromatic N) is 1. The molecule has 1 aromatic heterocycles. The van der Waals surface area contributed by atoms with Crippen LogP contribution in [0, 0.1) is 0 Å². The van der Waals surface area contributed by atoms with E-state index in [0.717, 1.165) is 0 Å². The molecule has 0 aliphatic carbocycles. The molecule has 4 nitrogen and oxygen atoms in total. The predicted octanol–water partition coefficient (Wildman–Crippen LogP) is 0.199. The van der Waals surface area contributed by atoms with Crippen molar-refractivity contribution >= 4 is 12.2 Å². The summed E-state index contributed by atoms with van der Waals surface area (Å²) in [5, 5.41) is 0. The standard InChI is InChI=1S/C6H6N2O2/c7-5-1-2-6(8-3-5)10-4-9/h1-4H,7H2. The summed E-state index contributed by atoms with van der Waals surface area (Å²) in [6, 6.07) is 3.12. The number of nitrogens with two attached hydrogens (primary N) is 1. The minimum atomic E-state index is 0.254. The minimum absolute atomic E-state index is 0.254. The van der Waals surface area contributed by atoms with Crippen LogP contribution >= 0.6 is 0 Å². The van der Waals surface area contributed by atoms with Gasteiger partial charge in [-0.25, -0.2) is 4.98 Å². The summed E-state index contributed by atoms with van der Waals surface area (Å²) in [6.45, 7) is 0.318. The number of aromatic nitrogens is 1. The summed E-state index contributed by atoms with van der Waals surface area (Å²) < 4.78 is 4.41. The van der Waals surface area contributed by atoms with Crippen LogP contribution in [0.5, 0.6) is 5.88 Å². The second-order valence-corrected chi connectivity index (χ2v) is 1.64. The van der Waals surface area contributed by atoms with Gasteiger partial charge in [0.25, 0.3) is 6.47 Å². The lowest BCUT2D eigenvalue weighted by Gasteiger charge is -1.94. The highest BCUT2D eigenvalue weighted by atomic mass is 16.5. The van der Waals surface area contributed by atoms with Crippen LogP contribution in [0.15, 0.2) is 18.3 Å². The molecule has 0 saturated carbocycles. The van der Waals surface area contributed by atoms with Crippen molar-refractivity contribution in [1.82, 2.24) is 4.98 Å². The van der Waals surface area contributed by atoms with Crippen molar-refractivity contribution in [3.05, 3.63) is 18.3 Å². The monoisotopic (exact) mass is 138 g/mol. The van der Waals surface area contributed by atoms with Gasteiger partial charge < -0.3 is 10.5 Å². The normalized spacial score (nSPS) is 8.80. The molecular weight excluding hydrogens is 132 g/mol. The van der Waals surface area contributed by atoms with Gasteiger partial charge in [-0.15, -0.1) is 0 Å². The molecule has 0 amide bonds. The van der Waals surface area contributed by atoms with Gasteiger partial charge in [-0.1, -0.05) is 0 Å². The van der Waals surface area contributed by atoms with Crippen molar-refractivity contribution in [2.45, 2.75) is 0 Å². The first-order valence-electron chi connectivity index (χ1n) is 2.65. The summed E-state index contributed by atoms with van der Waals surface area (Å²) in [6.07, 6.45) is 1.42. The molecule has 1 rings (SSSR count). The molecule has 0 radical (unpaired) electrons. The van der Waals surface area contributed by atoms with E-state index in [2.05, 4.69) is 9.72 Å². The number of rotatable bonds is 2. The van der Waals surface area contributed by atoms with Gasteiger partial charge in [0.05, 0.1) is 11.9 Å². The number of anilines is 1. The minimum Gasteiger partial charge on any atom is -0.410 e. The largest absolute Gasteiger partial charge is 0.410 e. The Morgan fingerprint density at radius 3 is 2.90 bits per heavy atom. The molecule has 0 aromatic carbocycles. The van der Waals surface area contributed by atoms with Crippen molar-refractivity contribution < 1.29 is 9.53 Å². The Kier molecular flexibility index (Phi) is 1.84. The Labute approximate surface area is 57.6 Å². The van der Waals surface area contributed by atoms with Gasteiger partial charge in [0.15, 0.2) is 0 Å². The maximum absolute atomic E-state index is 9.77. The molecule has 1 heterocycles. The van der Waals surface area contributed by atoms with Gasteiger partial charge >= 0.3 is 0 Å². The number of nitrogen functional groups attached to an aromatic ring is 1. The molecule has 0 aliphatic heterocycles. The molecule has 0 unspecified atom stereocenters. The van der Waals surface area contributed by atoms with Crippen LogP contribution in [-0.2, 0) is 4.79 Å². The van der Waals surface area contributed by atoms with Crippen molar-refractivity contribution in [1.29, 1.82) is 0 Å². The van der Waals surface area contributed by atoms with Crippen LogP contribution in [0.2, 0.25) is 0 Å². The average Bonchev–Trinajstić information content (AvgIpc) is 1.95. The predicted molar refractivity (Wildman–Crippen MR) is 35.3 cm³/mol. The Balaban J connectivity index is 2.78. The van der Waals surface area contributed by atoms with E-state index in [1.807, 2.05) is 0 Å². The second-order valence-electron chi connectivity index (χ2n) is 1.64. The van der Waals surface area contributed by atoms with Crippen molar-refractivity contribution in [2.75, 3.05) is 5.73 Å². The van der Waals surface area contributed by atoms with Gasteiger partial charge in [0.2, 0.25) is 5.88 Å². The lowest BCUT2D eigenvalue weighted by Crippen LogP contribution is -1.92. The first-order chi connectivity index (χ1) is 4.83. The number of hydrogen-bond acceptors (Lipinski definition) is 4. The first kappa shape index (κ1) is 6.54. The topological polar surface area (TPSA) is 65.2 Å². The van der Waals surface area contributed by atoms with Crippen molar-refractivity contribution in [2.24, 2.45) is 0 Å². The number of hydrogen-bond donors (Lipinski definition) is 1. The molecule has 0 atom stereocenters. The SMILES string of the molecule is Nc1ccc(OC=O)nc1. The molecule has 2 N–H and O–H groups in total. The van der Waals surface area contributed by atoms with Crippen LogP contribution in [0.3, 0.4) is 0 Å². The number of carbonyl (C=O) groups excluding carboxylic acids is 1. The maximum atomic E-state index is 9.77. The third-order valence-electron chi connectivity index (χ3n) is 0.928. The van der Waals surface area contributed by atoms with Crippen LogP contribution in [0.25, 0.3) is 0 Å². The molecule has 1 aromatic rings. The number of ether oxygens (including phenoxy) is 1. The van der Waals surface area contributed by atoms with Crippen LogP contribution in [0.4, 0.5) is 5.69 Å². The zero-order valence-corrected chi connectivity index (χ0v) is 5.15. The molecule has 52 valence electrons. The van der Waals surface area contributed by atoms with E-state index in [4.69, 9.17) is 5.73 Å². The summed E-state index contributed by atoms with van der Waals surface area (Å²) in [5.74, 6) is 0.254. The number of carbonyl (C=O) groups is 1. The highest BCUT2D eigenvalue weighted by Gasteiger charge is 1.90. The van der Waals surface area contributed by atoms with Crippen LogP contribution in [-0.4, -0.2) is 11.5 Å². The van der Waals surface area contributed by atoms with E-state index in [-0.39, 0.29) is 5.88 Å². The Morgan fingerprint density at radius 2 is 2.40 bits per heavy atom. The fourth-order valence-corrected chi connectivity index (χ4v) is 0.511. The van der Waals surface area contributed by atoms with E-state index in [9.17, 15) is 4.79 Å². The van der Waals surface area contributed by atoms with E-state index < -0.39 is 0 Å². The molecule has 0 saturated heterocycles. The smallest absolute Gasteiger partial charge is 0.299 e. The zero-order chi connectivity index (χ0) is 7.40. The molecule has 0 fully saturated rings. The van der Waals surface area contributed by atoms with E-state index in [0.29, 0.717) is 12.2 Å². The third-order valence-corrected chi connectivity index (χ3v) is 0.928. The Hall–Kier alpha value is -1.58. The summed E-state index contributed by atoms with van der Waals surface area (Å²) in [7, 11) is 0. The fraction of sp³-hybridized carbons (Fsp3) is 0. The quantitative estimate of drug-likeness (QED) is 0.593. The van der Waals surface area contributed by atoms with Crippen LogP contribution < -0.4 is 10.5 Å². The van der Waals surface area contributed by atoms with Crippen molar-refractivity contribution in [3.8, 4) is 5.88 Å². The summed E-state index contributed by atoms with van der Waals surface area (Å²) in [5.41, 5.74) is 5.86. The lowest BCUT2D eigenvalue weighted by molar-refractivity contribution is -0.120. The molecule has 4 heteroatoms. The van der Waals surface area contributed by atoms with Gasteiger partial charge in [-0.05, 0) is 6.07 Å². The van der Waals surface area contributed by atoms with Gasteiger partial charge in [0.1, 0.15) is 0 Å². The maximum Gasteiger partial charge on any atom is 0.299 e. The average molecular weight is 138 g/mol. The molecule has 10 heavy (non-hydrogen) atoms. The van der Waals surface area contributed by atoms with Gasteiger partial charge in [-0.2, -0.15) is 0 Å². The summed E-state index contributed by atoms with van der Waals surface area (Å²) in [4.78, 5) is 13.5. The van der Waals surface area contributed by atoms with Crippen LogP contribution in [0.1, 0.15) is 0 Å². The zero-order valence-electron chi connectivity index (χ0n) is 5.15. The summed E-state index contributed by atoms with van der Waals surface area (Å²) >= 11 is 0. The third kappa shape index (κ3) is 1.45.